The van der Waals surface area contributed by atoms with Gasteiger partial charge in [-0.2, -0.15) is 0 Å². The number of hydrogen-bond donors (Lipinski definition) is 1. The second-order valence-electron chi connectivity index (χ2n) is 9.52. The normalized spacial score (nSPS) is 20.6. The van der Waals surface area contributed by atoms with Crippen LogP contribution in [0, 0.1) is 5.82 Å². The zero-order valence-electron chi connectivity index (χ0n) is 20.3. The number of halogens is 1. The fourth-order valence-corrected chi connectivity index (χ4v) is 5.09. The Morgan fingerprint density at radius 3 is 2.44 bits per heavy atom. The maximum absolute atomic E-state index is 13.6. The van der Waals surface area contributed by atoms with Gasteiger partial charge in [0.05, 0.1) is 6.04 Å². The van der Waals surface area contributed by atoms with E-state index in [0.29, 0.717) is 19.4 Å². The van der Waals surface area contributed by atoms with Crippen LogP contribution in [-0.2, 0) is 17.8 Å². The summed E-state index contributed by atoms with van der Waals surface area (Å²) in [4.78, 5) is 29.5. The maximum Gasteiger partial charge on any atom is 0.407 e. The highest BCUT2D eigenvalue weighted by Gasteiger charge is 2.39. The minimum atomic E-state index is -0.444. The lowest BCUT2D eigenvalue weighted by molar-refractivity contribution is 0.0878. The highest BCUT2D eigenvalue weighted by molar-refractivity contribution is 5.76. The van der Waals surface area contributed by atoms with Crippen LogP contribution in [0.3, 0.4) is 0 Å². The Bertz CT molecular complexity index is 1210. The van der Waals surface area contributed by atoms with Crippen molar-refractivity contribution in [2.24, 2.45) is 0 Å². The van der Waals surface area contributed by atoms with Crippen molar-refractivity contribution in [3.8, 4) is 0 Å². The number of rotatable bonds is 5. The predicted octanol–water partition coefficient (Wildman–Crippen LogP) is 5.28. The van der Waals surface area contributed by atoms with Gasteiger partial charge in [0, 0.05) is 25.7 Å². The first kappa shape index (κ1) is 23.9. The van der Waals surface area contributed by atoms with Crippen LogP contribution in [0.1, 0.15) is 41.1 Å². The number of amides is 3. The van der Waals surface area contributed by atoms with Crippen molar-refractivity contribution in [3.63, 3.8) is 0 Å². The van der Waals surface area contributed by atoms with E-state index in [9.17, 15) is 14.0 Å². The highest BCUT2D eigenvalue weighted by Crippen LogP contribution is 2.37. The molecule has 3 amide bonds. The van der Waals surface area contributed by atoms with Crippen molar-refractivity contribution in [1.82, 2.24) is 15.1 Å². The summed E-state index contributed by atoms with van der Waals surface area (Å²) in [6, 6.07) is 23.7. The third-order valence-electron chi connectivity index (χ3n) is 7.21. The molecule has 1 aliphatic carbocycles. The monoisotopic (exact) mass is 487 g/mol. The molecule has 0 aromatic heterocycles. The van der Waals surface area contributed by atoms with E-state index in [1.807, 2.05) is 60.5 Å². The zero-order valence-corrected chi connectivity index (χ0v) is 20.3. The number of carbonyl (C=O) groups excluding carboxylic acids is 2. The predicted molar refractivity (Wildman–Crippen MR) is 135 cm³/mol. The number of ether oxygens (including phenoxy) is 1. The molecule has 186 valence electrons. The topological polar surface area (TPSA) is 61.9 Å². The molecule has 0 saturated heterocycles. The maximum atomic E-state index is 13.6. The van der Waals surface area contributed by atoms with Gasteiger partial charge in [-0.05, 0) is 53.6 Å². The Balaban J connectivity index is 1.20. The zero-order chi connectivity index (χ0) is 25.1. The smallest absolute Gasteiger partial charge is 0.407 e. The Morgan fingerprint density at radius 2 is 1.69 bits per heavy atom. The van der Waals surface area contributed by atoms with Gasteiger partial charge in [0.25, 0.3) is 0 Å². The second-order valence-corrected chi connectivity index (χ2v) is 9.52. The molecule has 0 bridgehead atoms. The number of benzene rings is 3. The fourth-order valence-electron chi connectivity index (χ4n) is 5.09. The number of hydrogen-bond acceptors (Lipinski definition) is 3. The van der Waals surface area contributed by atoms with Crippen LogP contribution in [0.15, 0.2) is 78.9 Å². The Hall–Kier alpha value is -3.87. The molecule has 1 atom stereocenters. The summed E-state index contributed by atoms with van der Waals surface area (Å²) in [6.07, 6.45) is 1.68. The van der Waals surface area contributed by atoms with Gasteiger partial charge in [0.1, 0.15) is 12.4 Å². The molecule has 1 heterocycles. The number of fused-ring (bicyclic) bond motifs is 1. The third kappa shape index (κ3) is 5.05. The molecule has 3 aromatic rings. The molecular weight excluding hydrogens is 457 g/mol. The van der Waals surface area contributed by atoms with E-state index in [2.05, 4.69) is 11.4 Å². The van der Waals surface area contributed by atoms with E-state index < -0.39 is 6.09 Å². The van der Waals surface area contributed by atoms with Crippen molar-refractivity contribution in [2.75, 3.05) is 13.6 Å². The van der Waals surface area contributed by atoms with Crippen molar-refractivity contribution in [3.05, 3.63) is 107 Å². The van der Waals surface area contributed by atoms with Crippen molar-refractivity contribution in [2.45, 2.75) is 44.0 Å². The summed E-state index contributed by atoms with van der Waals surface area (Å²) in [7, 11) is 1.82. The molecule has 0 radical (unpaired) electrons. The van der Waals surface area contributed by atoms with Crippen LogP contribution < -0.4 is 5.32 Å². The van der Waals surface area contributed by atoms with Gasteiger partial charge < -0.3 is 19.9 Å². The summed E-state index contributed by atoms with van der Waals surface area (Å²) in [5.74, 6) is -0.298. The number of urea groups is 1. The molecular formula is C29H30FN3O3. The molecule has 1 saturated carbocycles. The number of nitrogens with one attached hydrogen (secondary N) is 1. The van der Waals surface area contributed by atoms with Gasteiger partial charge >= 0.3 is 12.1 Å². The van der Waals surface area contributed by atoms with Gasteiger partial charge in [0.2, 0.25) is 0 Å². The SMILES string of the molecule is CN(C(=O)N1CCc2ccccc2[C@@H]1c1ccc(F)cc1)C1CC(NC(=O)OCc2ccccc2)C1. The summed E-state index contributed by atoms with van der Waals surface area (Å²) < 4.78 is 18.9. The third-order valence-corrected chi connectivity index (χ3v) is 7.21. The molecule has 36 heavy (non-hydrogen) atoms. The summed E-state index contributed by atoms with van der Waals surface area (Å²) in [5, 5.41) is 2.89. The van der Waals surface area contributed by atoms with Crippen LogP contribution in [-0.4, -0.2) is 47.6 Å². The number of carbonyl (C=O) groups is 2. The first-order valence-corrected chi connectivity index (χ1v) is 12.3. The van der Waals surface area contributed by atoms with Gasteiger partial charge in [-0.15, -0.1) is 0 Å². The molecule has 7 heteroatoms. The summed E-state index contributed by atoms with van der Waals surface area (Å²) in [6.45, 7) is 0.810. The molecule has 2 aliphatic rings. The molecule has 3 aromatic carbocycles. The molecule has 1 N–H and O–H groups in total. The van der Waals surface area contributed by atoms with E-state index in [1.165, 1.54) is 17.7 Å². The first-order valence-electron chi connectivity index (χ1n) is 12.3. The van der Waals surface area contributed by atoms with Crippen LogP contribution in [0.5, 0.6) is 0 Å². The minimum absolute atomic E-state index is 0.0245. The lowest BCUT2D eigenvalue weighted by Crippen LogP contribution is -2.57. The van der Waals surface area contributed by atoms with E-state index in [-0.39, 0.29) is 36.6 Å². The standard InChI is InChI=1S/C29H30FN3O3/c1-32(25-17-24(18-25)31-28(34)36-19-20-7-3-2-4-8-20)29(35)33-16-15-21-9-5-6-10-26(21)27(33)22-11-13-23(30)14-12-22/h2-14,24-25,27H,15-19H2,1H3,(H,31,34)/t24?,25?,27-/m0/s1. The largest absolute Gasteiger partial charge is 0.445 e. The quantitative estimate of drug-likeness (QED) is 0.533. The highest BCUT2D eigenvalue weighted by atomic mass is 19.1. The average Bonchev–Trinajstić information content (AvgIpc) is 2.89. The van der Waals surface area contributed by atoms with E-state index >= 15 is 0 Å². The number of nitrogens with zero attached hydrogens (tertiary/aromatic N) is 2. The van der Waals surface area contributed by atoms with E-state index in [1.54, 1.807) is 17.0 Å². The van der Waals surface area contributed by atoms with Gasteiger partial charge in [-0.25, -0.2) is 14.0 Å². The molecule has 0 unspecified atom stereocenters. The van der Waals surface area contributed by atoms with Crippen LogP contribution in [0.4, 0.5) is 14.0 Å². The Kier molecular flexibility index (Phi) is 6.89. The first-order chi connectivity index (χ1) is 17.5. The minimum Gasteiger partial charge on any atom is -0.445 e. The Morgan fingerprint density at radius 1 is 1.00 bits per heavy atom. The van der Waals surface area contributed by atoms with Crippen LogP contribution in [0.2, 0.25) is 0 Å². The summed E-state index contributed by atoms with van der Waals surface area (Å²) in [5.41, 5.74) is 4.11. The molecule has 6 nitrogen and oxygen atoms in total. The lowest BCUT2D eigenvalue weighted by Gasteiger charge is -2.45. The van der Waals surface area contributed by atoms with Gasteiger partial charge in [-0.3, -0.25) is 0 Å². The average molecular weight is 488 g/mol. The van der Waals surface area contributed by atoms with E-state index in [4.69, 9.17) is 4.74 Å². The molecule has 1 fully saturated rings. The second kappa shape index (κ2) is 10.4. The van der Waals surface area contributed by atoms with Crippen molar-refractivity contribution in [1.29, 1.82) is 0 Å². The van der Waals surface area contributed by atoms with Crippen LogP contribution in [0.25, 0.3) is 0 Å². The number of alkyl carbamates (subject to hydrolysis) is 1. The fraction of sp³-hybridized carbons (Fsp3) is 0.310. The van der Waals surface area contributed by atoms with Crippen molar-refractivity contribution < 1.29 is 18.7 Å². The lowest BCUT2D eigenvalue weighted by atomic mass is 9.85. The van der Waals surface area contributed by atoms with Gasteiger partial charge in [0.15, 0.2) is 0 Å². The Labute approximate surface area is 210 Å². The van der Waals surface area contributed by atoms with Gasteiger partial charge in [-0.1, -0.05) is 66.7 Å². The summed E-state index contributed by atoms with van der Waals surface area (Å²) >= 11 is 0. The molecule has 0 spiro atoms. The molecule has 1 aliphatic heterocycles. The van der Waals surface area contributed by atoms with Crippen molar-refractivity contribution >= 4 is 12.1 Å². The van der Waals surface area contributed by atoms with Crippen LogP contribution >= 0.6 is 0 Å². The molecule has 5 rings (SSSR count). The van der Waals surface area contributed by atoms with E-state index in [0.717, 1.165) is 23.1 Å².